The largest absolute Gasteiger partial charge is 0.490 e. The molecular weight excluding hydrogens is 584 g/mol. The van der Waals surface area contributed by atoms with Crippen molar-refractivity contribution in [2.24, 2.45) is 4.99 Å². The van der Waals surface area contributed by atoms with E-state index in [9.17, 15) is 9.59 Å². The second-order valence-electron chi connectivity index (χ2n) is 8.59. The SMILES string of the molecule is CCCCOCCOc1ccc(Cl)cc1C(=O)NC1N=C(c2c(Cl)cc(Cl)cc2Cl)c2ccccc2NC1=O. The number of nitrogens with zero attached hydrogens (tertiary/aromatic N) is 1. The van der Waals surface area contributed by atoms with E-state index >= 15 is 0 Å². The van der Waals surface area contributed by atoms with Crippen molar-refractivity contribution in [3.05, 3.63) is 91.4 Å². The fourth-order valence-electron chi connectivity index (χ4n) is 3.89. The molecular formula is C28H25Cl4N3O4. The minimum Gasteiger partial charge on any atom is -0.490 e. The number of ether oxygens (including phenoxy) is 2. The number of unbranched alkanes of at least 4 members (excludes halogenated alkanes) is 1. The molecule has 0 radical (unpaired) electrons. The fraction of sp³-hybridized carbons (Fsp3) is 0.250. The van der Waals surface area contributed by atoms with Crippen LogP contribution >= 0.6 is 46.4 Å². The summed E-state index contributed by atoms with van der Waals surface area (Å²) in [6.45, 7) is 3.32. The van der Waals surface area contributed by atoms with Crippen molar-refractivity contribution in [3.63, 3.8) is 0 Å². The highest BCUT2D eigenvalue weighted by molar-refractivity contribution is 6.44. The van der Waals surface area contributed by atoms with Crippen molar-refractivity contribution in [1.82, 2.24) is 5.32 Å². The lowest BCUT2D eigenvalue weighted by Crippen LogP contribution is -2.42. The number of carbonyl (C=O) groups excluding carboxylic acids is 2. The maximum absolute atomic E-state index is 13.4. The van der Waals surface area contributed by atoms with Crippen LogP contribution in [0.1, 0.15) is 41.3 Å². The lowest BCUT2D eigenvalue weighted by molar-refractivity contribution is -0.117. The zero-order valence-electron chi connectivity index (χ0n) is 20.9. The third-order valence-corrected chi connectivity index (χ3v) is 6.82. The van der Waals surface area contributed by atoms with Crippen LogP contribution in [0.3, 0.4) is 0 Å². The van der Waals surface area contributed by atoms with Gasteiger partial charge in [-0.05, 0) is 42.8 Å². The number of nitrogens with one attached hydrogen (secondary N) is 2. The van der Waals surface area contributed by atoms with E-state index in [0.717, 1.165) is 12.8 Å². The van der Waals surface area contributed by atoms with E-state index in [2.05, 4.69) is 22.5 Å². The number of rotatable bonds is 10. The second kappa shape index (κ2) is 13.5. The molecule has 7 nitrogen and oxygen atoms in total. The molecule has 3 aromatic rings. The quantitative estimate of drug-likeness (QED) is 0.242. The molecule has 0 bridgehead atoms. The van der Waals surface area contributed by atoms with Crippen LogP contribution in [0, 0.1) is 0 Å². The third kappa shape index (κ3) is 7.24. The number of aliphatic imine (C=N–C) groups is 1. The first-order chi connectivity index (χ1) is 18.8. The van der Waals surface area contributed by atoms with E-state index in [1.54, 1.807) is 36.4 Å². The predicted octanol–water partition coefficient (Wildman–Crippen LogP) is 7.04. The van der Waals surface area contributed by atoms with Crippen LogP contribution in [0.25, 0.3) is 0 Å². The Morgan fingerprint density at radius 1 is 0.974 bits per heavy atom. The molecule has 11 heteroatoms. The third-order valence-electron chi connectivity index (χ3n) is 5.77. The van der Waals surface area contributed by atoms with E-state index in [1.807, 2.05) is 0 Å². The van der Waals surface area contributed by atoms with Gasteiger partial charge in [-0.2, -0.15) is 0 Å². The van der Waals surface area contributed by atoms with Gasteiger partial charge in [-0.1, -0.05) is 77.9 Å². The number of amides is 2. The van der Waals surface area contributed by atoms with Crippen LogP contribution in [-0.4, -0.2) is 43.5 Å². The summed E-state index contributed by atoms with van der Waals surface area (Å²) >= 11 is 25.3. The molecule has 0 saturated heterocycles. The van der Waals surface area contributed by atoms with E-state index in [0.29, 0.717) is 51.5 Å². The molecule has 1 atom stereocenters. The molecule has 1 heterocycles. The monoisotopic (exact) mass is 607 g/mol. The van der Waals surface area contributed by atoms with Gasteiger partial charge < -0.3 is 20.1 Å². The minimum atomic E-state index is -1.33. The number of para-hydroxylation sites is 1. The summed E-state index contributed by atoms with van der Waals surface area (Å²) < 4.78 is 11.3. The molecule has 0 aromatic heterocycles. The highest BCUT2D eigenvalue weighted by atomic mass is 35.5. The maximum Gasteiger partial charge on any atom is 0.269 e. The van der Waals surface area contributed by atoms with E-state index in [1.165, 1.54) is 18.2 Å². The van der Waals surface area contributed by atoms with Crippen LogP contribution in [0.5, 0.6) is 5.75 Å². The number of fused-ring (bicyclic) bond motifs is 1. The zero-order valence-corrected chi connectivity index (χ0v) is 23.9. The number of benzodiazepines with no additional fused rings is 1. The number of benzene rings is 3. The summed E-state index contributed by atoms with van der Waals surface area (Å²) in [5.74, 6) is -0.871. The Kier molecular flexibility index (Phi) is 10.1. The molecule has 2 amide bonds. The van der Waals surface area contributed by atoms with Gasteiger partial charge in [-0.25, -0.2) is 4.99 Å². The molecule has 1 unspecified atom stereocenters. The van der Waals surface area contributed by atoms with E-state index in [4.69, 9.17) is 55.9 Å². The molecule has 1 aliphatic rings. The Hall–Kier alpha value is -2.81. The summed E-state index contributed by atoms with van der Waals surface area (Å²) in [4.78, 5) is 31.2. The van der Waals surface area contributed by atoms with E-state index < -0.39 is 18.0 Å². The topological polar surface area (TPSA) is 89.0 Å². The Morgan fingerprint density at radius 3 is 2.46 bits per heavy atom. The molecule has 2 N–H and O–H groups in total. The number of hydrogen-bond donors (Lipinski definition) is 2. The molecule has 3 aromatic carbocycles. The normalized spacial score (nSPS) is 14.6. The van der Waals surface area contributed by atoms with Crippen molar-refractivity contribution in [2.45, 2.75) is 25.9 Å². The highest BCUT2D eigenvalue weighted by Gasteiger charge is 2.30. The van der Waals surface area contributed by atoms with Gasteiger partial charge >= 0.3 is 0 Å². The van der Waals surface area contributed by atoms with Crippen LogP contribution < -0.4 is 15.4 Å². The van der Waals surface area contributed by atoms with Gasteiger partial charge in [0.2, 0.25) is 6.17 Å². The van der Waals surface area contributed by atoms with Crippen LogP contribution in [0.2, 0.25) is 20.1 Å². The van der Waals surface area contributed by atoms with Crippen molar-refractivity contribution in [3.8, 4) is 5.75 Å². The van der Waals surface area contributed by atoms with Crippen molar-refractivity contribution >= 4 is 69.6 Å². The Balaban J connectivity index is 1.64. The molecule has 204 valence electrons. The Morgan fingerprint density at radius 2 is 1.72 bits per heavy atom. The lowest BCUT2D eigenvalue weighted by atomic mass is 10.0. The van der Waals surface area contributed by atoms with Crippen molar-refractivity contribution in [1.29, 1.82) is 0 Å². The molecule has 4 rings (SSSR count). The molecule has 0 fully saturated rings. The van der Waals surface area contributed by atoms with Gasteiger partial charge in [-0.15, -0.1) is 0 Å². The van der Waals surface area contributed by atoms with Crippen LogP contribution in [-0.2, 0) is 9.53 Å². The zero-order chi connectivity index (χ0) is 27.9. The maximum atomic E-state index is 13.4. The minimum absolute atomic E-state index is 0.143. The molecule has 0 saturated carbocycles. The number of hydrogen-bond acceptors (Lipinski definition) is 5. The number of anilines is 1. The summed E-state index contributed by atoms with van der Waals surface area (Å²) in [7, 11) is 0. The summed E-state index contributed by atoms with van der Waals surface area (Å²) in [6.07, 6.45) is 0.659. The molecule has 0 spiro atoms. The Bertz CT molecular complexity index is 1390. The first kappa shape index (κ1) is 29.2. The van der Waals surface area contributed by atoms with Gasteiger partial charge in [0.1, 0.15) is 12.4 Å². The molecule has 0 aliphatic carbocycles. The number of halogens is 4. The summed E-state index contributed by atoms with van der Waals surface area (Å²) in [5.41, 5.74) is 1.89. The molecule has 1 aliphatic heterocycles. The van der Waals surface area contributed by atoms with Crippen molar-refractivity contribution in [2.75, 3.05) is 25.1 Å². The standard InChI is InChI=1S/C28H25Cl4N3O4/c1-2-3-10-38-11-12-39-23-9-8-16(29)13-19(23)27(36)35-26-28(37)33-22-7-5-4-6-18(22)25(34-26)24-20(31)14-17(30)15-21(24)32/h4-9,13-15,26H,2-3,10-12H2,1H3,(H,33,37)(H,35,36). The fourth-order valence-corrected chi connectivity index (χ4v) is 5.06. The van der Waals surface area contributed by atoms with E-state index in [-0.39, 0.29) is 22.2 Å². The average Bonchev–Trinajstić information content (AvgIpc) is 3.02. The van der Waals surface area contributed by atoms with Gasteiger partial charge in [0.25, 0.3) is 11.8 Å². The Labute approximate surface area is 246 Å². The van der Waals surface area contributed by atoms with Gasteiger partial charge in [0, 0.05) is 27.8 Å². The van der Waals surface area contributed by atoms with Crippen molar-refractivity contribution < 1.29 is 19.1 Å². The van der Waals surface area contributed by atoms with Gasteiger partial charge in [-0.3, -0.25) is 9.59 Å². The number of carbonyl (C=O) groups is 2. The highest BCUT2D eigenvalue weighted by Crippen LogP contribution is 2.34. The average molecular weight is 609 g/mol. The first-order valence-electron chi connectivity index (χ1n) is 12.2. The second-order valence-corrected chi connectivity index (χ2v) is 10.3. The van der Waals surface area contributed by atoms with Crippen LogP contribution in [0.4, 0.5) is 5.69 Å². The van der Waals surface area contributed by atoms with Crippen LogP contribution in [0.15, 0.2) is 59.6 Å². The summed E-state index contributed by atoms with van der Waals surface area (Å²) in [6, 6.07) is 14.8. The first-order valence-corrected chi connectivity index (χ1v) is 13.7. The predicted molar refractivity (Wildman–Crippen MR) is 156 cm³/mol. The van der Waals surface area contributed by atoms with Gasteiger partial charge in [0.05, 0.1) is 33.6 Å². The summed E-state index contributed by atoms with van der Waals surface area (Å²) in [5, 5.41) is 6.64. The lowest BCUT2D eigenvalue weighted by Gasteiger charge is -2.16. The smallest absolute Gasteiger partial charge is 0.269 e. The molecule has 39 heavy (non-hydrogen) atoms. The van der Waals surface area contributed by atoms with Gasteiger partial charge in [0.15, 0.2) is 0 Å².